The van der Waals surface area contributed by atoms with Gasteiger partial charge < -0.3 is 0 Å². The number of piperidine rings is 1. The molecule has 6 rings (SSSR count). The zero-order valence-electron chi connectivity index (χ0n) is 24.3. The molecule has 230 valence electrons. The molecule has 0 amide bonds. The minimum absolute atomic E-state index is 0.104. The van der Waals surface area contributed by atoms with Crippen LogP contribution in [0.5, 0.6) is 0 Å². The van der Waals surface area contributed by atoms with Crippen LogP contribution in [0.1, 0.15) is 75.5 Å². The van der Waals surface area contributed by atoms with Crippen LogP contribution in [0.2, 0.25) is 0 Å². The molecule has 2 aliphatic heterocycles. The van der Waals surface area contributed by atoms with Gasteiger partial charge in [0.05, 0.1) is 30.0 Å². The number of imidazole rings is 1. The van der Waals surface area contributed by atoms with E-state index in [4.69, 9.17) is 0 Å². The third-order valence-corrected chi connectivity index (χ3v) is 10.4. The maximum Gasteiger partial charge on any atom is 0.418 e. The number of nitrogens with one attached hydrogen (secondary N) is 2. The van der Waals surface area contributed by atoms with Crippen molar-refractivity contribution in [1.82, 2.24) is 29.6 Å². The standard InChI is InChI=1S/C30H41F4N7O/c1-29(31)6-8-39(9-7-29)15-20-12-24(30(32,33)34)25-17-40(28(42)41(25)16-20)23-11-19(14-35)10-22(13-23)26(21-4-3-5-21)27-37-36-18-38(27)2/h12,16-17,19,21-23,26-27,36-37H,3-11,13,15,18H2,1-2H3/t19?,22?,23?,26-,27?/m1/s1. The number of nitrogens with zero attached hydrogens (tertiary/aromatic N) is 5. The van der Waals surface area contributed by atoms with Crippen LogP contribution in [0.4, 0.5) is 17.6 Å². The van der Waals surface area contributed by atoms with E-state index in [1.807, 2.05) is 4.90 Å². The van der Waals surface area contributed by atoms with Crippen LogP contribution in [-0.4, -0.2) is 57.4 Å². The molecule has 5 atom stereocenters. The lowest BCUT2D eigenvalue weighted by atomic mass is 9.63. The molecule has 0 aromatic carbocycles. The molecular weight excluding hydrogens is 550 g/mol. The lowest BCUT2D eigenvalue weighted by Crippen LogP contribution is -2.50. The number of aromatic nitrogens is 2. The fraction of sp³-hybridized carbons (Fsp3) is 0.733. The fourth-order valence-corrected chi connectivity index (χ4v) is 7.85. The van der Waals surface area contributed by atoms with Gasteiger partial charge in [-0.05, 0) is 75.5 Å². The molecule has 4 unspecified atom stereocenters. The topological polar surface area (TPSA) is 80.7 Å². The minimum Gasteiger partial charge on any atom is -0.299 e. The van der Waals surface area contributed by atoms with Gasteiger partial charge in [0.25, 0.3) is 0 Å². The molecule has 4 aliphatic rings. The smallest absolute Gasteiger partial charge is 0.299 e. The predicted molar refractivity (Wildman–Crippen MR) is 150 cm³/mol. The molecule has 2 saturated heterocycles. The Morgan fingerprint density at radius 3 is 2.48 bits per heavy atom. The van der Waals surface area contributed by atoms with E-state index in [0.717, 1.165) is 29.7 Å². The van der Waals surface area contributed by atoms with E-state index < -0.39 is 23.1 Å². The quantitative estimate of drug-likeness (QED) is 0.476. The van der Waals surface area contributed by atoms with Crippen molar-refractivity contribution in [2.75, 3.05) is 26.8 Å². The summed E-state index contributed by atoms with van der Waals surface area (Å²) in [5, 5.41) is 10.0. The summed E-state index contributed by atoms with van der Waals surface area (Å²) in [4.78, 5) is 18.0. The van der Waals surface area contributed by atoms with Crippen LogP contribution < -0.4 is 16.5 Å². The van der Waals surface area contributed by atoms with E-state index >= 15 is 0 Å². The zero-order valence-corrected chi connectivity index (χ0v) is 24.3. The summed E-state index contributed by atoms with van der Waals surface area (Å²) in [6, 6.07) is 3.20. The number of alkyl halides is 4. The summed E-state index contributed by atoms with van der Waals surface area (Å²) in [5.74, 6) is 0.677. The number of likely N-dealkylation sites (tertiary alicyclic amines) is 1. The Bertz CT molecular complexity index is 1380. The van der Waals surface area contributed by atoms with Crippen molar-refractivity contribution in [3.05, 3.63) is 40.1 Å². The number of fused-ring (bicyclic) bond motifs is 1. The van der Waals surface area contributed by atoms with Crippen LogP contribution >= 0.6 is 0 Å². The molecule has 2 N–H and O–H groups in total. The summed E-state index contributed by atoms with van der Waals surface area (Å²) in [7, 11) is 2.06. The van der Waals surface area contributed by atoms with E-state index in [2.05, 4.69) is 28.9 Å². The van der Waals surface area contributed by atoms with Crippen molar-refractivity contribution >= 4 is 5.52 Å². The highest BCUT2D eigenvalue weighted by Gasteiger charge is 2.45. The Morgan fingerprint density at radius 2 is 1.88 bits per heavy atom. The molecular formula is C30H41F4N7O. The molecule has 0 bridgehead atoms. The van der Waals surface area contributed by atoms with Crippen molar-refractivity contribution in [1.29, 1.82) is 5.26 Å². The SMILES string of the molecule is CN1CNNC1[C@H](C1CCC1)C1CC(C#N)CC(n2cc3c(C(F)(F)F)cc(CN4CCC(C)(F)CC4)cn3c2=O)C1. The molecule has 0 spiro atoms. The van der Waals surface area contributed by atoms with E-state index in [0.29, 0.717) is 56.9 Å². The van der Waals surface area contributed by atoms with Gasteiger partial charge in [-0.15, -0.1) is 0 Å². The molecule has 12 heteroatoms. The second-order valence-corrected chi connectivity index (χ2v) is 13.4. The average molecular weight is 592 g/mol. The molecule has 2 aromatic rings. The number of hydrogen-bond donors (Lipinski definition) is 2. The molecule has 4 heterocycles. The van der Waals surface area contributed by atoms with Gasteiger partial charge in [0.2, 0.25) is 0 Å². The molecule has 2 saturated carbocycles. The van der Waals surface area contributed by atoms with E-state index in [1.165, 1.54) is 23.4 Å². The molecule has 42 heavy (non-hydrogen) atoms. The van der Waals surface area contributed by atoms with Gasteiger partial charge in [0.1, 0.15) is 5.67 Å². The Kier molecular flexibility index (Phi) is 7.92. The molecule has 0 radical (unpaired) electrons. The Hall–Kier alpha value is -2.46. The second kappa shape index (κ2) is 11.2. The number of halogens is 4. The number of hydrazine groups is 1. The number of rotatable bonds is 6. The van der Waals surface area contributed by atoms with Crippen molar-refractivity contribution in [2.24, 2.45) is 23.7 Å². The van der Waals surface area contributed by atoms with Gasteiger partial charge in [-0.25, -0.2) is 20.0 Å². The van der Waals surface area contributed by atoms with Gasteiger partial charge in [-0.1, -0.05) is 19.3 Å². The summed E-state index contributed by atoms with van der Waals surface area (Å²) in [6.45, 7) is 3.38. The van der Waals surface area contributed by atoms with Crippen LogP contribution in [0.15, 0.2) is 23.3 Å². The van der Waals surface area contributed by atoms with E-state index in [9.17, 15) is 27.6 Å². The van der Waals surface area contributed by atoms with Crippen LogP contribution in [0.3, 0.4) is 0 Å². The summed E-state index contributed by atoms with van der Waals surface area (Å²) >= 11 is 0. The van der Waals surface area contributed by atoms with Crippen molar-refractivity contribution < 1.29 is 17.6 Å². The lowest BCUT2D eigenvalue weighted by molar-refractivity contribution is -0.136. The lowest BCUT2D eigenvalue weighted by Gasteiger charge is -2.46. The summed E-state index contributed by atoms with van der Waals surface area (Å²) < 4.78 is 59.9. The predicted octanol–water partition coefficient (Wildman–Crippen LogP) is 4.66. The molecule has 2 aliphatic carbocycles. The molecule has 8 nitrogen and oxygen atoms in total. The van der Waals surface area contributed by atoms with Crippen molar-refractivity contribution in [3.8, 4) is 6.07 Å². The highest BCUT2D eigenvalue weighted by atomic mass is 19.4. The van der Waals surface area contributed by atoms with Gasteiger partial charge in [0.15, 0.2) is 0 Å². The summed E-state index contributed by atoms with van der Waals surface area (Å²) in [6.07, 6.45) is 4.22. The average Bonchev–Trinajstić information content (AvgIpc) is 3.48. The Balaban J connectivity index is 1.33. The largest absolute Gasteiger partial charge is 0.418 e. The van der Waals surface area contributed by atoms with Crippen LogP contribution in [0.25, 0.3) is 5.52 Å². The zero-order chi connectivity index (χ0) is 29.8. The fourth-order valence-electron chi connectivity index (χ4n) is 7.85. The van der Waals surface area contributed by atoms with Gasteiger partial charge >= 0.3 is 11.9 Å². The third kappa shape index (κ3) is 5.73. The highest BCUT2D eigenvalue weighted by Crippen LogP contribution is 2.48. The first-order valence-corrected chi connectivity index (χ1v) is 15.3. The third-order valence-electron chi connectivity index (χ3n) is 10.4. The van der Waals surface area contributed by atoms with E-state index in [-0.39, 0.29) is 42.0 Å². The van der Waals surface area contributed by atoms with Gasteiger partial charge in [0, 0.05) is 44.0 Å². The Labute approximate surface area is 243 Å². The maximum atomic E-state index is 14.3. The normalized spacial score (nSPS) is 30.3. The van der Waals surface area contributed by atoms with Crippen molar-refractivity contribution in [2.45, 2.75) is 88.9 Å². The summed E-state index contributed by atoms with van der Waals surface area (Å²) in [5.41, 5.74) is 4.23. The number of pyridine rings is 1. The van der Waals surface area contributed by atoms with Gasteiger partial charge in [-0.3, -0.25) is 18.8 Å². The molecule has 2 aromatic heterocycles. The number of nitriles is 1. The first-order chi connectivity index (χ1) is 19.9. The first-order valence-electron chi connectivity index (χ1n) is 15.3. The van der Waals surface area contributed by atoms with E-state index in [1.54, 1.807) is 6.92 Å². The highest BCUT2D eigenvalue weighted by molar-refractivity contribution is 5.56. The Morgan fingerprint density at radius 1 is 1.14 bits per heavy atom. The first kappa shape index (κ1) is 29.6. The van der Waals surface area contributed by atoms with Crippen LogP contribution in [0, 0.1) is 35.0 Å². The van der Waals surface area contributed by atoms with Crippen molar-refractivity contribution in [3.63, 3.8) is 0 Å². The molecule has 4 fully saturated rings. The monoisotopic (exact) mass is 591 g/mol. The second-order valence-electron chi connectivity index (χ2n) is 13.4. The maximum absolute atomic E-state index is 14.3. The number of hydrogen-bond acceptors (Lipinski definition) is 6. The van der Waals surface area contributed by atoms with Crippen LogP contribution in [-0.2, 0) is 12.7 Å². The van der Waals surface area contributed by atoms with Gasteiger partial charge in [-0.2, -0.15) is 18.4 Å². The minimum atomic E-state index is -4.65.